The van der Waals surface area contributed by atoms with Crippen LogP contribution in [0.1, 0.15) is 12.0 Å². The molecule has 2 rings (SSSR count). The molecule has 1 aromatic rings. The van der Waals surface area contributed by atoms with Crippen LogP contribution in [-0.4, -0.2) is 73.3 Å². The molecule has 22 heavy (non-hydrogen) atoms. The lowest BCUT2D eigenvalue weighted by atomic mass is 10.1. The molecule has 5 nitrogen and oxygen atoms in total. The second-order valence-corrected chi connectivity index (χ2v) is 6.05. The van der Waals surface area contributed by atoms with Gasteiger partial charge in [0.2, 0.25) is 11.8 Å². The number of nitrogens with zero attached hydrogens (tertiary/aromatic N) is 3. The SMILES string of the molecule is CN(C)C(=O)[C@H]1CN(C(=O)CCc2ccccc2)CCN1C. The maximum absolute atomic E-state index is 12.4. The molecule has 0 radical (unpaired) electrons. The smallest absolute Gasteiger partial charge is 0.241 e. The summed E-state index contributed by atoms with van der Waals surface area (Å²) in [6.45, 7) is 1.92. The lowest BCUT2D eigenvalue weighted by Crippen LogP contribution is -2.58. The largest absolute Gasteiger partial charge is 0.347 e. The summed E-state index contributed by atoms with van der Waals surface area (Å²) in [5, 5.41) is 0. The molecule has 1 aliphatic rings. The van der Waals surface area contributed by atoms with E-state index >= 15 is 0 Å². The van der Waals surface area contributed by atoms with Crippen molar-refractivity contribution in [2.75, 3.05) is 40.8 Å². The highest BCUT2D eigenvalue weighted by Gasteiger charge is 2.32. The van der Waals surface area contributed by atoms with Crippen LogP contribution in [0.5, 0.6) is 0 Å². The summed E-state index contributed by atoms with van der Waals surface area (Å²) in [5.41, 5.74) is 1.17. The van der Waals surface area contributed by atoms with Crippen molar-refractivity contribution in [3.05, 3.63) is 35.9 Å². The van der Waals surface area contributed by atoms with Crippen molar-refractivity contribution in [3.63, 3.8) is 0 Å². The molecule has 0 saturated carbocycles. The highest BCUT2D eigenvalue weighted by Crippen LogP contribution is 2.12. The average molecular weight is 303 g/mol. The molecule has 5 heteroatoms. The first-order valence-corrected chi connectivity index (χ1v) is 7.72. The van der Waals surface area contributed by atoms with Gasteiger partial charge < -0.3 is 9.80 Å². The minimum atomic E-state index is -0.232. The minimum absolute atomic E-state index is 0.0584. The van der Waals surface area contributed by atoms with Crippen molar-refractivity contribution >= 4 is 11.8 Å². The van der Waals surface area contributed by atoms with E-state index in [4.69, 9.17) is 0 Å². The third-order valence-electron chi connectivity index (χ3n) is 4.20. The van der Waals surface area contributed by atoms with Gasteiger partial charge in [-0.15, -0.1) is 0 Å². The number of benzene rings is 1. The highest BCUT2D eigenvalue weighted by atomic mass is 16.2. The van der Waals surface area contributed by atoms with Crippen LogP contribution in [0.2, 0.25) is 0 Å². The van der Waals surface area contributed by atoms with E-state index in [1.54, 1.807) is 19.0 Å². The number of carbonyl (C=O) groups excluding carboxylic acids is 2. The van der Waals surface area contributed by atoms with Crippen LogP contribution in [0.15, 0.2) is 30.3 Å². The first kappa shape index (κ1) is 16.5. The molecule has 2 amide bonds. The van der Waals surface area contributed by atoms with E-state index in [1.807, 2.05) is 47.2 Å². The topological polar surface area (TPSA) is 43.9 Å². The number of hydrogen-bond acceptors (Lipinski definition) is 3. The second kappa shape index (κ2) is 7.40. The molecule has 0 N–H and O–H groups in total. The van der Waals surface area contributed by atoms with Crippen molar-refractivity contribution in [1.29, 1.82) is 0 Å². The molecule has 0 aromatic heterocycles. The van der Waals surface area contributed by atoms with Gasteiger partial charge in [0.1, 0.15) is 6.04 Å². The number of piperazine rings is 1. The predicted molar refractivity (Wildman–Crippen MR) is 86.5 cm³/mol. The summed E-state index contributed by atoms with van der Waals surface area (Å²) < 4.78 is 0. The fraction of sp³-hybridized carbons (Fsp3) is 0.529. The monoisotopic (exact) mass is 303 g/mol. The standard InChI is InChI=1S/C17H25N3O2/c1-18(2)17(22)15-13-20(12-11-19(15)3)16(21)10-9-14-7-5-4-6-8-14/h4-8,15H,9-13H2,1-3H3/t15-/m1/s1. The van der Waals surface area contributed by atoms with Crippen molar-refractivity contribution in [2.45, 2.75) is 18.9 Å². The predicted octanol–water partition coefficient (Wildman–Crippen LogP) is 0.850. The molecule has 1 aromatic carbocycles. The Bertz CT molecular complexity index is 516. The van der Waals surface area contributed by atoms with E-state index in [9.17, 15) is 9.59 Å². The maximum atomic E-state index is 12.4. The molecule has 0 spiro atoms. The van der Waals surface area contributed by atoms with Gasteiger partial charge >= 0.3 is 0 Å². The third kappa shape index (κ3) is 4.07. The van der Waals surface area contributed by atoms with Gasteiger partial charge in [-0.25, -0.2) is 0 Å². The van der Waals surface area contributed by atoms with E-state index in [-0.39, 0.29) is 17.9 Å². The summed E-state index contributed by atoms with van der Waals surface area (Å²) in [6.07, 6.45) is 1.24. The minimum Gasteiger partial charge on any atom is -0.347 e. The summed E-state index contributed by atoms with van der Waals surface area (Å²) in [5.74, 6) is 0.191. The molecular formula is C17H25N3O2. The van der Waals surface area contributed by atoms with E-state index < -0.39 is 0 Å². The van der Waals surface area contributed by atoms with Crippen molar-refractivity contribution < 1.29 is 9.59 Å². The molecule has 0 aliphatic carbocycles. The zero-order chi connectivity index (χ0) is 16.1. The van der Waals surface area contributed by atoms with E-state index in [0.29, 0.717) is 19.5 Å². The third-order valence-corrected chi connectivity index (χ3v) is 4.20. The Hall–Kier alpha value is -1.88. The Balaban J connectivity index is 1.91. The molecule has 1 aliphatic heterocycles. The fourth-order valence-corrected chi connectivity index (χ4v) is 2.72. The summed E-state index contributed by atoms with van der Waals surface area (Å²) in [4.78, 5) is 30.1. The van der Waals surface area contributed by atoms with E-state index in [0.717, 1.165) is 13.0 Å². The van der Waals surface area contributed by atoms with Crippen LogP contribution in [0.3, 0.4) is 0 Å². The lowest BCUT2D eigenvalue weighted by molar-refractivity contribution is -0.141. The summed E-state index contributed by atoms with van der Waals surface area (Å²) in [7, 11) is 5.45. The number of rotatable bonds is 4. The molecule has 1 saturated heterocycles. The molecule has 0 unspecified atom stereocenters. The Morgan fingerprint density at radius 2 is 1.86 bits per heavy atom. The number of aryl methyl sites for hydroxylation is 1. The van der Waals surface area contributed by atoms with Gasteiger partial charge in [-0.3, -0.25) is 14.5 Å². The molecular weight excluding hydrogens is 278 g/mol. The normalized spacial score (nSPS) is 19.0. The van der Waals surface area contributed by atoms with Gasteiger partial charge in [-0.05, 0) is 19.0 Å². The average Bonchev–Trinajstić information content (AvgIpc) is 2.53. The fourth-order valence-electron chi connectivity index (χ4n) is 2.72. The molecule has 1 atom stereocenters. The van der Waals surface area contributed by atoms with Crippen LogP contribution in [-0.2, 0) is 16.0 Å². The zero-order valence-electron chi connectivity index (χ0n) is 13.7. The second-order valence-electron chi connectivity index (χ2n) is 6.05. The Morgan fingerprint density at radius 1 is 1.18 bits per heavy atom. The van der Waals surface area contributed by atoms with Crippen molar-refractivity contribution in [1.82, 2.24) is 14.7 Å². The van der Waals surface area contributed by atoms with Crippen LogP contribution in [0.25, 0.3) is 0 Å². The maximum Gasteiger partial charge on any atom is 0.241 e. The van der Waals surface area contributed by atoms with Crippen molar-refractivity contribution in [2.24, 2.45) is 0 Å². The van der Waals surface area contributed by atoms with Gasteiger partial charge in [-0.1, -0.05) is 30.3 Å². The van der Waals surface area contributed by atoms with Gasteiger partial charge in [0.25, 0.3) is 0 Å². The van der Waals surface area contributed by atoms with E-state index in [2.05, 4.69) is 0 Å². The highest BCUT2D eigenvalue weighted by molar-refractivity contribution is 5.83. The molecule has 120 valence electrons. The number of likely N-dealkylation sites (N-methyl/N-ethyl adjacent to an activating group) is 2. The van der Waals surface area contributed by atoms with Gasteiger partial charge in [0.05, 0.1) is 0 Å². The van der Waals surface area contributed by atoms with Gasteiger partial charge in [0.15, 0.2) is 0 Å². The Labute approximate surface area is 132 Å². The van der Waals surface area contributed by atoms with E-state index in [1.165, 1.54) is 5.56 Å². The van der Waals surface area contributed by atoms with Crippen LogP contribution in [0.4, 0.5) is 0 Å². The van der Waals surface area contributed by atoms with Crippen LogP contribution >= 0.6 is 0 Å². The Morgan fingerprint density at radius 3 is 2.50 bits per heavy atom. The van der Waals surface area contributed by atoms with Gasteiger partial charge in [0, 0.05) is 40.2 Å². The van der Waals surface area contributed by atoms with Crippen molar-refractivity contribution in [3.8, 4) is 0 Å². The summed E-state index contributed by atoms with van der Waals surface area (Å²) in [6, 6.07) is 9.79. The van der Waals surface area contributed by atoms with Gasteiger partial charge in [-0.2, -0.15) is 0 Å². The number of amides is 2. The first-order chi connectivity index (χ1) is 10.5. The lowest BCUT2D eigenvalue weighted by Gasteiger charge is -2.39. The molecule has 1 fully saturated rings. The quantitative estimate of drug-likeness (QED) is 0.828. The Kier molecular flexibility index (Phi) is 5.55. The molecule has 1 heterocycles. The molecule has 0 bridgehead atoms. The number of carbonyl (C=O) groups is 2. The van der Waals surface area contributed by atoms with Crippen LogP contribution in [0, 0.1) is 0 Å². The zero-order valence-corrected chi connectivity index (χ0v) is 13.7. The first-order valence-electron chi connectivity index (χ1n) is 7.72. The van der Waals surface area contributed by atoms with Crippen LogP contribution < -0.4 is 0 Å². The number of hydrogen-bond donors (Lipinski definition) is 0. The summed E-state index contributed by atoms with van der Waals surface area (Å²) >= 11 is 0.